The monoisotopic (exact) mass is 426 g/mol. The third kappa shape index (κ3) is 4.85. The minimum absolute atomic E-state index is 0.213. The zero-order valence-electron chi connectivity index (χ0n) is 11.3. The third-order valence-electron chi connectivity index (χ3n) is 2.60. The van der Waals surface area contributed by atoms with E-state index in [1.807, 2.05) is 6.07 Å². The molecule has 0 heterocycles. The summed E-state index contributed by atoms with van der Waals surface area (Å²) in [4.78, 5) is 23.4. The molecule has 0 aliphatic carbocycles. The van der Waals surface area contributed by atoms with E-state index in [9.17, 15) is 9.59 Å². The van der Waals surface area contributed by atoms with Crippen LogP contribution in [0.1, 0.15) is 10.4 Å². The van der Waals surface area contributed by atoms with Crippen LogP contribution in [-0.4, -0.2) is 18.4 Å². The molecule has 2 aromatic rings. The zero-order chi connectivity index (χ0) is 15.9. The third-order valence-corrected chi connectivity index (χ3v) is 3.72. The summed E-state index contributed by atoms with van der Waals surface area (Å²) < 4.78 is 6.98. The van der Waals surface area contributed by atoms with Crippen LogP contribution in [0.2, 0.25) is 0 Å². The second kappa shape index (κ2) is 7.95. The highest BCUT2D eigenvalue weighted by molar-refractivity contribution is 9.11. The van der Waals surface area contributed by atoms with Crippen LogP contribution in [0.4, 0.5) is 0 Å². The molecule has 0 radical (unpaired) electrons. The maximum absolute atomic E-state index is 11.7. The first-order chi connectivity index (χ1) is 10.6. The fourth-order valence-corrected chi connectivity index (χ4v) is 2.72. The minimum Gasteiger partial charge on any atom is -0.483 e. The maximum atomic E-state index is 11.7. The summed E-state index contributed by atoms with van der Waals surface area (Å²) in [6.07, 6.45) is 0. The van der Waals surface area contributed by atoms with Gasteiger partial charge in [-0.1, -0.05) is 34.1 Å². The van der Waals surface area contributed by atoms with Crippen molar-refractivity contribution in [1.82, 2.24) is 10.9 Å². The number of hydrazine groups is 1. The summed E-state index contributed by atoms with van der Waals surface area (Å²) in [5.74, 6) is -0.314. The van der Waals surface area contributed by atoms with Gasteiger partial charge in [0.05, 0.1) is 4.47 Å². The molecule has 7 heteroatoms. The largest absolute Gasteiger partial charge is 0.483 e. The number of halogens is 2. The van der Waals surface area contributed by atoms with Crippen molar-refractivity contribution in [2.75, 3.05) is 6.61 Å². The molecule has 0 aliphatic heterocycles. The van der Waals surface area contributed by atoms with Crippen LogP contribution in [0.5, 0.6) is 5.75 Å². The Labute approximate surface area is 144 Å². The van der Waals surface area contributed by atoms with Crippen molar-refractivity contribution in [1.29, 1.82) is 0 Å². The van der Waals surface area contributed by atoms with Crippen molar-refractivity contribution < 1.29 is 14.3 Å². The maximum Gasteiger partial charge on any atom is 0.276 e. The number of nitrogens with one attached hydrogen (secondary N) is 2. The van der Waals surface area contributed by atoms with Crippen LogP contribution in [0.25, 0.3) is 0 Å². The molecule has 0 fully saturated rings. The Kier molecular flexibility index (Phi) is 5.97. The number of hydrogen-bond acceptors (Lipinski definition) is 3. The van der Waals surface area contributed by atoms with Crippen LogP contribution in [0, 0.1) is 0 Å². The predicted molar refractivity (Wildman–Crippen MR) is 89.4 cm³/mol. The number of hydrogen-bond donors (Lipinski definition) is 2. The van der Waals surface area contributed by atoms with Crippen LogP contribution in [0.3, 0.4) is 0 Å². The van der Waals surface area contributed by atoms with Gasteiger partial charge in [0.15, 0.2) is 6.61 Å². The Hall–Kier alpha value is -1.86. The second-order valence-corrected chi connectivity index (χ2v) is 6.00. The van der Waals surface area contributed by atoms with Crippen molar-refractivity contribution in [3.8, 4) is 5.75 Å². The summed E-state index contributed by atoms with van der Waals surface area (Å²) in [5.41, 5.74) is 5.07. The van der Waals surface area contributed by atoms with E-state index >= 15 is 0 Å². The van der Waals surface area contributed by atoms with E-state index < -0.39 is 11.8 Å². The molecule has 2 rings (SSSR count). The van der Waals surface area contributed by atoms with E-state index in [1.165, 1.54) is 0 Å². The highest BCUT2D eigenvalue weighted by Gasteiger charge is 2.08. The standard InChI is InChI=1S/C15H12Br2N2O3/c16-11-6-7-13(12(17)8-11)22-9-14(20)18-19-15(21)10-4-2-1-3-5-10/h1-8H,9H2,(H,18,20)(H,19,21). The topological polar surface area (TPSA) is 67.4 Å². The lowest BCUT2D eigenvalue weighted by Crippen LogP contribution is -2.43. The van der Waals surface area contributed by atoms with Gasteiger partial charge in [-0.3, -0.25) is 20.4 Å². The highest BCUT2D eigenvalue weighted by atomic mass is 79.9. The molecular formula is C15H12Br2N2O3. The van der Waals surface area contributed by atoms with Gasteiger partial charge in [-0.2, -0.15) is 0 Å². The van der Waals surface area contributed by atoms with E-state index in [2.05, 4.69) is 42.7 Å². The van der Waals surface area contributed by atoms with E-state index in [1.54, 1.807) is 42.5 Å². The predicted octanol–water partition coefficient (Wildman–Crippen LogP) is 3.05. The normalized spacial score (nSPS) is 9.91. The summed E-state index contributed by atoms with van der Waals surface area (Å²) in [7, 11) is 0. The van der Waals surface area contributed by atoms with E-state index in [4.69, 9.17) is 4.74 Å². The first-order valence-electron chi connectivity index (χ1n) is 6.28. The molecule has 5 nitrogen and oxygen atoms in total. The molecule has 0 unspecified atom stereocenters. The molecule has 2 amide bonds. The van der Waals surface area contributed by atoms with Gasteiger partial charge in [0.1, 0.15) is 5.75 Å². The van der Waals surface area contributed by atoms with Crippen molar-refractivity contribution in [2.24, 2.45) is 0 Å². The number of amides is 2. The Morgan fingerprint density at radius 2 is 1.73 bits per heavy atom. The van der Waals surface area contributed by atoms with E-state index in [0.29, 0.717) is 11.3 Å². The number of rotatable bonds is 4. The molecule has 0 spiro atoms. The van der Waals surface area contributed by atoms with Crippen LogP contribution < -0.4 is 15.6 Å². The van der Waals surface area contributed by atoms with Crippen molar-refractivity contribution in [3.63, 3.8) is 0 Å². The van der Waals surface area contributed by atoms with Gasteiger partial charge in [0.25, 0.3) is 11.8 Å². The van der Waals surface area contributed by atoms with Crippen molar-refractivity contribution >= 4 is 43.7 Å². The number of carbonyl (C=O) groups excluding carboxylic acids is 2. The summed E-state index contributed by atoms with van der Waals surface area (Å²) in [6, 6.07) is 13.9. The van der Waals surface area contributed by atoms with Crippen LogP contribution in [0.15, 0.2) is 57.5 Å². The average Bonchev–Trinajstić information content (AvgIpc) is 2.52. The first kappa shape index (κ1) is 16.5. The molecule has 2 N–H and O–H groups in total. The van der Waals surface area contributed by atoms with Gasteiger partial charge in [0.2, 0.25) is 0 Å². The minimum atomic E-state index is -0.459. The lowest BCUT2D eigenvalue weighted by molar-refractivity contribution is -0.123. The fraction of sp³-hybridized carbons (Fsp3) is 0.0667. The number of carbonyl (C=O) groups is 2. The first-order valence-corrected chi connectivity index (χ1v) is 7.87. The van der Waals surface area contributed by atoms with E-state index in [-0.39, 0.29) is 6.61 Å². The van der Waals surface area contributed by atoms with Gasteiger partial charge in [-0.25, -0.2) is 0 Å². The van der Waals surface area contributed by atoms with Crippen molar-refractivity contribution in [2.45, 2.75) is 0 Å². The molecule has 0 saturated heterocycles. The molecular weight excluding hydrogens is 416 g/mol. The fourth-order valence-electron chi connectivity index (χ4n) is 1.56. The molecule has 0 bridgehead atoms. The lowest BCUT2D eigenvalue weighted by atomic mass is 10.2. The van der Waals surface area contributed by atoms with E-state index in [0.717, 1.165) is 8.95 Å². The Morgan fingerprint density at radius 1 is 1.00 bits per heavy atom. The summed E-state index contributed by atoms with van der Waals surface area (Å²) in [6.45, 7) is -0.213. The Morgan fingerprint density at radius 3 is 2.41 bits per heavy atom. The molecule has 114 valence electrons. The summed E-state index contributed by atoms with van der Waals surface area (Å²) >= 11 is 6.66. The quantitative estimate of drug-likeness (QED) is 0.737. The average molecular weight is 428 g/mol. The Balaban J connectivity index is 1.80. The second-order valence-electron chi connectivity index (χ2n) is 4.23. The van der Waals surface area contributed by atoms with Gasteiger partial charge >= 0.3 is 0 Å². The SMILES string of the molecule is O=C(COc1ccc(Br)cc1Br)NNC(=O)c1ccccc1. The highest BCUT2D eigenvalue weighted by Crippen LogP contribution is 2.27. The van der Waals surface area contributed by atoms with Crippen LogP contribution in [-0.2, 0) is 4.79 Å². The number of benzene rings is 2. The van der Waals surface area contributed by atoms with Crippen LogP contribution >= 0.6 is 31.9 Å². The lowest BCUT2D eigenvalue weighted by Gasteiger charge is -2.10. The zero-order valence-corrected chi connectivity index (χ0v) is 14.5. The molecule has 22 heavy (non-hydrogen) atoms. The smallest absolute Gasteiger partial charge is 0.276 e. The Bertz CT molecular complexity index is 678. The van der Waals surface area contributed by atoms with Gasteiger partial charge in [0, 0.05) is 10.0 Å². The molecule has 0 atom stereocenters. The van der Waals surface area contributed by atoms with Gasteiger partial charge in [-0.05, 0) is 46.3 Å². The molecule has 0 aliphatic rings. The number of ether oxygens (including phenoxy) is 1. The summed E-state index contributed by atoms with van der Waals surface area (Å²) in [5, 5.41) is 0. The van der Waals surface area contributed by atoms with Crippen molar-refractivity contribution in [3.05, 3.63) is 63.0 Å². The molecule has 0 aromatic heterocycles. The van der Waals surface area contributed by atoms with Gasteiger partial charge in [-0.15, -0.1) is 0 Å². The molecule has 0 saturated carbocycles. The van der Waals surface area contributed by atoms with Gasteiger partial charge < -0.3 is 4.74 Å². The molecule has 2 aromatic carbocycles.